The lowest BCUT2D eigenvalue weighted by atomic mass is 10.2. The first-order chi connectivity index (χ1) is 11.3. The summed E-state index contributed by atoms with van der Waals surface area (Å²) in [5.74, 6) is 0.770. The molecular weight excluding hydrogens is 323 g/mol. The van der Waals surface area contributed by atoms with Crippen molar-refractivity contribution in [2.75, 3.05) is 5.32 Å². The molecule has 1 fully saturated rings. The fraction of sp³-hybridized carbons (Fsp3) is 0.400. The highest BCUT2D eigenvalue weighted by molar-refractivity contribution is 5.88. The number of nitrogens with one attached hydrogen (secondary N) is 2. The van der Waals surface area contributed by atoms with Gasteiger partial charge in [0.05, 0.1) is 5.69 Å². The van der Waals surface area contributed by atoms with Crippen LogP contribution in [0.15, 0.2) is 30.6 Å². The highest BCUT2D eigenvalue weighted by Crippen LogP contribution is 2.32. The van der Waals surface area contributed by atoms with Crippen LogP contribution in [0, 0.1) is 5.92 Å². The van der Waals surface area contributed by atoms with Gasteiger partial charge in [0, 0.05) is 24.5 Å². The maximum Gasteiger partial charge on any atom is 0.433 e. The van der Waals surface area contributed by atoms with Crippen LogP contribution in [0.3, 0.4) is 0 Å². The Balaban J connectivity index is 1.68. The molecule has 2 aromatic heterocycles. The number of amides is 2. The minimum atomic E-state index is -4.52. The average molecular weight is 339 g/mol. The van der Waals surface area contributed by atoms with Gasteiger partial charge in [-0.15, -0.1) is 5.10 Å². The van der Waals surface area contributed by atoms with Crippen LogP contribution >= 0.6 is 0 Å². The zero-order chi connectivity index (χ0) is 17.3. The topological polar surface area (TPSA) is 71.8 Å². The number of hydrogen-bond donors (Lipinski definition) is 2. The molecule has 24 heavy (non-hydrogen) atoms. The van der Waals surface area contributed by atoms with Gasteiger partial charge in [-0.05, 0) is 37.8 Å². The predicted octanol–water partition coefficient (Wildman–Crippen LogP) is 3.21. The van der Waals surface area contributed by atoms with E-state index >= 15 is 0 Å². The third kappa shape index (κ3) is 3.84. The number of pyridine rings is 1. The number of carbonyl (C=O) groups excluding carboxylic acids is 1. The van der Waals surface area contributed by atoms with E-state index in [1.54, 1.807) is 0 Å². The van der Waals surface area contributed by atoms with E-state index in [0.29, 0.717) is 5.92 Å². The zero-order valence-electron chi connectivity index (χ0n) is 12.8. The Morgan fingerprint density at radius 1 is 1.38 bits per heavy atom. The number of halogens is 3. The van der Waals surface area contributed by atoms with Gasteiger partial charge in [0.1, 0.15) is 5.69 Å². The van der Waals surface area contributed by atoms with Crippen LogP contribution in [0.1, 0.15) is 25.5 Å². The Bertz CT molecular complexity index is 739. The van der Waals surface area contributed by atoms with Gasteiger partial charge >= 0.3 is 12.2 Å². The molecular formula is C15H16F3N5O. The van der Waals surface area contributed by atoms with Crippen LogP contribution in [0.4, 0.5) is 23.8 Å². The molecule has 0 spiro atoms. The minimum Gasteiger partial charge on any atom is -0.335 e. The molecule has 2 aromatic rings. The van der Waals surface area contributed by atoms with Gasteiger partial charge < -0.3 is 5.32 Å². The summed E-state index contributed by atoms with van der Waals surface area (Å²) in [5.41, 5.74) is -0.793. The van der Waals surface area contributed by atoms with Crippen LogP contribution in [-0.4, -0.2) is 26.8 Å². The molecule has 0 unspecified atom stereocenters. The zero-order valence-corrected chi connectivity index (χ0v) is 12.8. The van der Waals surface area contributed by atoms with Crippen molar-refractivity contribution in [2.24, 2.45) is 5.92 Å². The van der Waals surface area contributed by atoms with Crippen molar-refractivity contribution in [3.05, 3.63) is 36.3 Å². The van der Waals surface area contributed by atoms with E-state index in [1.807, 2.05) is 6.92 Å². The summed E-state index contributed by atoms with van der Waals surface area (Å²) in [6.45, 7) is 1.94. The SMILES string of the molecule is C[C@H](NC(=O)Nc1ccn(-c2ccnc(C(F)(F)F)c2)n1)C1CC1. The standard InChI is InChI=1S/C15H16F3N5O/c1-9(10-2-3-10)20-14(24)21-13-5-7-23(22-13)11-4-6-19-12(8-11)15(16,17)18/h4-10H,2-3H2,1H3,(H2,20,21,22,24)/t9-/m0/s1. The second-order valence-corrected chi connectivity index (χ2v) is 5.77. The monoisotopic (exact) mass is 339 g/mol. The third-order valence-electron chi connectivity index (χ3n) is 3.82. The van der Waals surface area contributed by atoms with Crippen LogP contribution in [-0.2, 0) is 6.18 Å². The van der Waals surface area contributed by atoms with Crippen LogP contribution < -0.4 is 10.6 Å². The van der Waals surface area contributed by atoms with E-state index in [0.717, 1.165) is 25.1 Å². The molecule has 9 heteroatoms. The lowest BCUT2D eigenvalue weighted by Crippen LogP contribution is -2.37. The Morgan fingerprint density at radius 3 is 2.79 bits per heavy atom. The lowest BCUT2D eigenvalue weighted by Gasteiger charge is -2.12. The largest absolute Gasteiger partial charge is 0.433 e. The van der Waals surface area contributed by atoms with Gasteiger partial charge in [0.25, 0.3) is 0 Å². The second kappa shape index (κ2) is 6.14. The molecule has 1 aliphatic carbocycles. The normalized spacial score (nSPS) is 15.8. The number of alkyl halides is 3. The van der Waals surface area contributed by atoms with E-state index < -0.39 is 11.9 Å². The van der Waals surface area contributed by atoms with E-state index in [2.05, 4.69) is 20.7 Å². The first-order valence-electron chi connectivity index (χ1n) is 7.50. The Labute approximate surface area is 136 Å². The summed E-state index contributed by atoms with van der Waals surface area (Å²) >= 11 is 0. The molecule has 0 aromatic carbocycles. The van der Waals surface area contributed by atoms with E-state index in [4.69, 9.17) is 0 Å². The fourth-order valence-corrected chi connectivity index (χ4v) is 2.32. The van der Waals surface area contributed by atoms with Crippen molar-refractivity contribution < 1.29 is 18.0 Å². The number of nitrogens with zero attached hydrogens (tertiary/aromatic N) is 3. The van der Waals surface area contributed by atoms with Gasteiger partial charge in [-0.2, -0.15) is 13.2 Å². The fourth-order valence-electron chi connectivity index (χ4n) is 2.32. The van der Waals surface area contributed by atoms with Gasteiger partial charge in [-0.3, -0.25) is 10.3 Å². The van der Waals surface area contributed by atoms with E-state index in [9.17, 15) is 18.0 Å². The summed E-state index contributed by atoms with van der Waals surface area (Å²) in [6, 6.07) is 3.51. The molecule has 128 valence electrons. The number of urea groups is 1. The Hall–Kier alpha value is -2.58. The first-order valence-corrected chi connectivity index (χ1v) is 7.50. The quantitative estimate of drug-likeness (QED) is 0.898. The summed E-state index contributed by atoms with van der Waals surface area (Å²) in [4.78, 5) is 15.2. The molecule has 6 nitrogen and oxygen atoms in total. The summed E-state index contributed by atoms with van der Waals surface area (Å²) in [7, 11) is 0. The van der Waals surface area contributed by atoms with Gasteiger partial charge in [0.2, 0.25) is 0 Å². The van der Waals surface area contributed by atoms with Crippen molar-refractivity contribution in [3.63, 3.8) is 0 Å². The molecule has 0 aliphatic heterocycles. The van der Waals surface area contributed by atoms with E-state index in [-0.39, 0.29) is 23.6 Å². The van der Waals surface area contributed by atoms with Gasteiger partial charge in [0.15, 0.2) is 5.82 Å². The van der Waals surface area contributed by atoms with Crippen molar-refractivity contribution in [1.29, 1.82) is 0 Å². The molecule has 2 amide bonds. The predicted molar refractivity (Wildman–Crippen MR) is 80.7 cm³/mol. The molecule has 2 heterocycles. The molecule has 0 bridgehead atoms. The third-order valence-corrected chi connectivity index (χ3v) is 3.82. The summed E-state index contributed by atoms with van der Waals surface area (Å²) in [6.07, 6.45) is 0.231. The van der Waals surface area contributed by atoms with Crippen molar-refractivity contribution >= 4 is 11.8 Å². The molecule has 2 N–H and O–H groups in total. The second-order valence-electron chi connectivity index (χ2n) is 5.77. The molecule has 1 aliphatic rings. The molecule has 0 saturated heterocycles. The summed E-state index contributed by atoms with van der Waals surface area (Å²) in [5, 5.41) is 9.44. The van der Waals surface area contributed by atoms with Crippen LogP contribution in [0.2, 0.25) is 0 Å². The molecule has 0 radical (unpaired) electrons. The molecule has 1 atom stereocenters. The van der Waals surface area contributed by atoms with Crippen LogP contribution in [0.5, 0.6) is 0 Å². The minimum absolute atomic E-state index is 0.0848. The maximum absolute atomic E-state index is 12.7. The number of aromatic nitrogens is 3. The lowest BCUT2D eigenvalue weighted by molar-refractivity contribution is -0.141. The Morgan fingerprint density at radius 2 is 2.12 bits per heavy atom. The number of hydrogen-bond acceptors (Lipinski definition) is 3. The number of carbonyl (C=O) groups is 1. The van der Waals surface area contributed by atoms with Gasteiger partial charge in [-0.1, -0.05) is 0 Å². The van der Waals surface area contributed by atoms with Crippen molar-refractivity contribution in [1.82, 2.24) is 20.1 Å². The highest BCUT2D eigenvalue weighted by atomic mass is 19.4. The van der Waals surface area contributed by atoms with Crippen molar-refractivity contribution in [2.45, 2.75) is 32.0 Å². The first kappa shape index (κ1) is 16.3. The smallest absolute Gasteiger partial charge is 0.335 e. The number of rotatable bonds is 4. The average Bonchev–Trinajstić information content (AvgIpc) is 3.27. The molecule has 3 rings (SSSR count). The van der Waals surface area contributed by atoms with Gasteiger partial charge in [-0.25, -0.2) is 9.48 Å². The maximum atomic E-state index is 12.7. The summed E-state index contributed by atoms with van der Waals surface area (Å²) < 4.78 is 39.3. The molecule has 1 saturated carbocycles. The number of anilines is 1. The Kier molecular flexibility index (Phi) is 4.16. The van der Waals surface area contributed by atoms with E-state index in [1.165, 1.54) is 23.0 Å². The van der Waals surface area contributed by atoms with Crippen molar-refractivity contribution in [3.8, 4) is 5.69 Å². The highest BCUT2D eigenvalue weighted by Gasteiger charge is 2.32. The van der Waals surface area contributed by atoms with Crippen LogP contribution in [0.25, 0.3) is 5.69 Å².